The maximum Gasteiger partial charge on any atom is 0.208 e. The molecule has 0 aliphatic carbocycles. The summed E-state index contributed by atoms with van der Waals surface area (Å²) in [5, 5.41) is 8.96. The molecule has 0 saturated heterocycles. The van der Waals surface area contributed by atoms with Gasteiger partial charge in [-0.3, -0.25) is 0 Å². The predicted octanol–water partition coefficient (Wildman–Crippen LogP) is 2.98. The number of likely N-dealkylation sites (N-methyl/N-ethyl adjacent to an activating group) is 1. The number of halogens is 1. The van der Waals surface area contributed by atoms with Crippen LogP contribution >= 0.6 is 27.3 Å². The highest BCUT2D eigenvalue weighted by Gasteiger charge is 2.06. The van der Waals surface area contributed by atoms with Crippen molar-refractivity contribution in [2.24, 2.45) is 0 Å². The molecule has 2 rings (SSSR count). The second kappa shape index (κ2) is 5.41. The zero-order valence-corrected chi connectivity index (χ0v) is 11.3. The van der Waals surface area contributed by atoms with Crippen molar-refractivity contribution in [2.75, 3.05) is 18.5 Å². The lowest BCUT2D eigenvalue weighted by Crippen LogP contribution is -2.20. The van der Waals surface area contributed by atoms with Crippen molar-refractivity contribution in [1.29, 1.82) is 0 Å². The highest BCUT2D eigenvalue weighted by Crippen LogP contribution is 2.23. The summed E-state index contributed by atoms with van der Waals surface area (Å²) in [6.45, 7) is 0.950. The van der Waals surface area contributed by atoms with Gasteiger partial charge in [0.25, 0.3) is 0 Å². The van der Waals surface area contributed by atoms with Crippen molar-refractivity contribution in [1.82, 2.24) is 10.2 Å². The zero-order valence-electron chi connectivity index (χ0n) is 8.93. The molecule has 0 bridgehead atoms. The van der Waals surface area contributed by atoms with E-state index in [1.165, 1.54) is 5.56 Å². The van der Waals surface area contributed by atoms with E-state index in [1.807, 2.05) is 13.1 Å². The van der Waals surface area contributed by atoms with Crippen molar-refractivity contribution in [3.05, 3.63) is 39.8 Å². The van der Waals surface area contributed by atoms with Gasteiger partial charge in [-0.1, -0.05) is 41.7 Å². The molecule has 0 atom stereocenters. The molecule has 0 unspecified atom stereocenters. The lowest BCUT2D eigenvalue weighted by Gasteiger charge is -2.14. The van der Waals surface area contributed by atoms with E-state index in [0.29, 0.717) is 0 Å². The fourth-order valence-corrected chi connectivity index (χ4v) is 2.46. The van der Waals surface area contributed by atoms with Crippen LogP contribution < -0.4 is 4.90 Å². The molecular formula is C11H12BrN3S. The normalized spacial score (nSPS) is 10.4. The maximum atomic E-state index is 4.08. The minimum atomic E-state index is 0.828. The van der Waals surface area contributed by atoms with Gasteiger partial charge in [0.2, 0.25) is 5.13 Å². The Hall–Kier alpha value is -0.940. The number of rotatable bonds is 4. The third-order valence-corrected chi connectivity index (χ3v) is 3.77. The molecule has 0 amide bonds. The molecule has 1 aromatic heterocycles. The molecule has 1 heterocycles. The standard InChI is InChI=1S/C11H12BrN3S/c1-15(11-14-13-10(12)16-11)8-7-9-5-3-2-4-6-9/h2-6H,7-8H2,1H3. The van der Waals surface area contributed by atoms with E-state index < -0.39 is 0 Å². The summed E-state index contributed by atoms with van der Waals surface area (Å²) >= 11 is 4.87. The van der Waals surface area contributed by atoms with Gasteiger partial charge in [-0.15, -0.1) is 10.2 Å². The highest BCUT2D eigenvalue weighted by atomic mass is 79.9. The van der Waals surface area contributed by atoms with E-state index in [2.05, 4.69) is 55.3 Å². The molecule has 0 spiro atoms. The molecule has 0 saturated carbocycles. The van der Waals surface area contributed by atoms with Crippen LogP contribution in [0, 0.1) is 0 Å². The summed E-state index contributed by atoms with van der Waals surface area (Å²) in [6.07, 6.45) is 1.02. The van der Waals surface area contributed by atoms with Gasteiger partial charge in [0, 0.05) is 13.6 Å². The summed E-state index contributed by atoms with van der Waals surface area (Å²) in [5.74, 6) is 0. The Morgan fingerprint density at radius 1 is 1.25 bits per heavy atom. The topological polar surface area (TPSA) is 29.0 Å². The summed E-state index contributed by atoms with van der Waals surface area (Å²) in [5.41, 5.74) is 1.35. The fraction of sp³-hybridized carbons (Fsp3) is 0.273. The number of benzene rings is 1. The molecule has 3 nitrogen and oxygen atoms in total. The Morgan fingerprint density at radius 2 is 2.00 bits per heavy atom. The van der Waals surface area contributed by atoms with Crippen LogP contribution in [0.2, 0.25) is 0 Å². The van der Waals surface area contributed by atoms with Gasteiger partial charge in [-0.05, 0) is 27.9 Å². The molecule has 1 aromatic carbocycles. The van der Waals surface area contributed by atoms with Crippen LogP contribution in [-0.4, -0.2) is 23.8 Å². The van der Waals surface area contributed by atoms with E-state index in [9.17, 15) is 0 Å². The van der Waals surface area contributed by atoms with Crippen LogP contribution in [0.3, 0.4) is 0 Å². The Morgan fingerprint density at radius 3 is 2.62 bits per heavy atom. The number of hydrogen-bond donors (Lipinski definition) is 0. The summed E-state index contributed by atoms with van der Waals surface area (Å²) < 4.78 is 0.828. The molecular weight excluding hydrogens is 286 g/mol. The average molecular weight is 298 g/mol. The Balaban J connectivity index is 1.91. The van der Waals surface area contributed by atoms with Crippen LogP contribution in [0.4, 0.5) is 5.13 Å². The quantitative estimate of drug-likeness (QED) is 0.869. The molecule has 0 fully saturated rings. The van der Waals surface area contributed by atoms with Crippen molar-refractivity contribution in [2.45, 2.75) is 6.42 Å². The Labute approximate surface area is 107 Å². The third kappa shape index (κ3) is 3.02. The number of hydrogen-bond acceptors (Lipinski definition) is 4. The molecule has 0 radical (unpaired) electrons. The van der Waals surface area contributed by atoms with Gasteiger partial charge in [0.1, 0.15) is 0 Å². The molecule has 84 valence electrons. The second-order valence-corrected chi connectivity index (χ2v) is 5.73. The van der Waals surface area contributed by atoms with Gasteiger partial charge in [0.15, 0.2) is 3.92 Å². The summed E-state index contributed by atoms with van der Waals surface area (Å²) in [4.78, 5) is 2.12. The van der Waals surface area contributed by atoms with Crippen LogP contribution in [0.25, 0.3) is 0 Å². The van der Waals surface area contributed by atoms with Gasteiger partial charge in [0.05, 0.1) is 0 Å². The van der Waals surface area contributed by atoms with Gasteiger partial charge in [-0.25, -0.2) is 0 Å². The largest absolute Gasteiger partial charge is 0.349 e. The van der Waals surface area contributed by atoms with E-state index in [4.69, 9.17) is 0 Å². The highest BCUT2D eigenvalue weighted by molar-refractivity contribution is 9.11. The van der Waals surface area contributed by atoms with E-state index in [1.54, 1.807) is 11.3 Å². The monoisotopic (exact) mass is 297 g/mol. The smallest absolute Gasteiger partial charge is 0.208 e. The minimum Gasteiger partial charge on any atom is -0.349 e. The number of aromatic nitrogens is 2. The lowest BCUT2D eigenvalue weighted by atomic mass is 10.1. The number of anilines is 1. The molecule has 0 aliphatic heterocycles. The molecule has 16 heavy (non-hydrogen) atoms. The van der Waals surface area contributed by atoms with E-state index >= 15 is 0 Å². The predicted molar refractivity (Wildman–Crippen MR) is 71.0 cm³/mol. The van der Waals surface area contributed by atoms with Crippen molar-refractivity contribution >= 4 is 32.4 Å². The van der Waals surface area contributed by atoms with Gasteiger partial charge in [-0.2, -0.15) is 0 Å². The van der Waals surface area contributed by atoms with Crippen molar-refractivity contribution in [3.63, 3.8) is 0 Å². The van der Waals surface area contributed by atoms with Crippen LogP contribution in [0.1, 0.15) is 5.56 Å². The maximum absolute atomic E-state index is 4.08. The minimum absolute atomic E-state index is 0.828. The third-order valence-electron chi connectivity index (χ3n) is 2.29. The van der Waals surface area contributed by atoms with E-state index in [0.717, 1.165) is 22.0 Å². The van der Waals surface area contributed by atoms with Crippen molar-refractivity contribution < 1.29 is 0 Å². The first-order valence-corrected chi connectivity index (χ1v) is 6.61. The lowest BCUT2D eigenvalue weighted by molar-refractivity contribution is 0.858. The number of nitrogens with zero attached hydrogens (tertiary/aromatic N) is 3. The molecule has 5 heteroatoms. The van der Waals surface area contributed by atoms with E-state index in [-0.39, 0.29) is 0 Å². The first kappa shape index (κ1) is 11.5. The van der Waals surface area contributed by atoms with Crippen molar-refractivity contribution in [3.8, 4) is 0 Å². The average Bonchev–Trinajstić information content (AvgIpc) is 2.74. The first-order chi connectivity index (χ1) is 7.75. The second-order valence-electron chi connectivity index (χ2n) is 3.49. The van der Waals surface area contributed by atoms with Crippen LogP contribution in [0.5, 0.6) is 0 Å². The fourth-order valence-electron chi connectivity index (χ4n) is 1.39. The Bertz CT molecular complexity index is 444. The summed E-state index contributed by atoms with van der Waals surface area (Å²) in [7, 11) is 2.04. The first-order valence-electron chi connectivity index (χ1n) is 5.00. The van der Waals surface area contributed by atoms with Crippen LogP contribution in [-0.2, 0) is 6.42 Å². The van der Waals surface area contributed by atoms with Gasteiger partial charge < -0.3 is 4.90 Å². The SMILES string of the molecule is CN(CCc1ccccc1)c1nnc(Br)s1. The summed E-state index contributed by atoms with van der Waals surface area (Å²) in [6, 6.07) is 10.5. The van der Waals surface area contributed by atoms with Gasteiger partial charge >= 0.3 is 0 Å². The Kier molecular flexibility index (Phi) is 3.90. The van der Waals surface area contributed by atoms with Crippen LogP contribution in [0.15, 0.2) is 34.2 Å². The molecule has 2 aromatic rings. The molecule has 0 N–H and O–H groups in total. The molecule has 0 aliphatic rings. The zero-order chi connectivity index (χ0) is 11.4.